The average Bonchev–Trinajstić information content (AvgIpc) is 3.28. The highest BCUT2D eigenvalue weighted by atomic mass is 19.1. The van der Waals surface area contributed by atoms with Crippen LogP contribution in [0.25, 0.3) is 22.3 Å². The van der Waals surface area contributed by atoms with Crippen LogP contribution in [-0.4, -0.2) is 44.3 Å². The first-order valence-corrected chi connectivity index (χ1v) is 12.6. The number of aliphatic hydroxyl groups excluding tert-OH is 1. The maximum atomic E-state index is 14.9. The number of hydrogen-bond donors (Lipinski definition) is 4. The number of fused-ring (bicyclic) bond motifs is 5. The summed E-state index contributed by atoms with van der Waals surface area (Å²) in [5, 5.41) is 24.2. The topological polar surface area (TPSA) is 157 Å². The van der Waals surface area contributed by atoms with Crippen molar-refractivity contribution < 1.29 is 28.9 Å². The van der Waals surface area contributed by atoms with Crippen LogP contribution in [-0.2, 0) is 39.5 Å². The van der Waals surface area contributed by atoms with E-state index in [1.54, 1.807) is 19.9 Å². The van der Waals surface area contributed by atoms with E-state index in [9.17, 15) is 29.0 Å². The quantitative estimate of drug-likeness (QED) is 0.289. The smallest absolute Gasteiger partial charge is 0.343 e. The molecule has 198 valence electrons. The van der Waals surface area contributed by atoms with Crippen molar-refractivity contribution in [1.29, 1.82) is 0 Å². The molecular weight excluding hydrogens is 495 g/mol. The number of benzene rings is 1. The number of pyridine rings is 2. The van der Waals surface area contributed by atoms with Crippen molar-refractivity contribution >= 4 is 22.8 Å². The largest absolute Gasteiger partial charge is 0.458 e. The van der Waals surface area contributed by atoms with E-state index in [1.165, 1.54) is 10.6 Å². The fourth-order valence-electron chi connectivity index (χ4n) is 6.06. The SMILES string of the molecule is CC[C@@]1(O)C(=O)OCc2c1cc1n(c2=O)Cc2c-1nc1cc(F)c(C)c3c1c2[C@@H](NC(=O)[C@H](N)CO)CC3. The Hall–Kier alpha value is -3.67. The number of amides is 1. The van der Waals surface area contributed by atoms with Gasteiger partial charge in [-0.1, -0.05) is 6.92 Å². The lowest BCUT2D eigenvalue weighted by Crippen LogP contribution is -2.45. The normalized spacial score (nSPS) is 21.9. The zero-order chi connectivity index (χ0) is 27.1. The van der Waals surface area contributed by atoms with Crippen molar-refractivity contribution in [2.45, 2.75) is 63.9 Å². The molecule has 11 heteroatoms. The summed E-state index contributed by atoms with van der Waals surface area (Å²) in [6, 6.07) is 1.34. The number of rotatable bonds is 4. The van der Waals surface area contributed by atoms with Crippen molar-refractivity contribution in [2.24, 2.45) is 5.73 Å². The second-order valence-corrected chi connectivity index (χ2v) is 10.2. The number of halogens is 1. The van der Waals surface area contributed by atoms with Crippen LogP contribution >= 0.6 is 0 Å². The molecule has 1 amide bonds. The molecule has 4 heterocycles. The third-order valence-corrected chi connectivity index (χ3v) is 8.23. The van der Waals surface area contributed by atoms with Crippen LogP contribution < -0.4 is 16.6 Å². The Bertz CT molecular complexity index is 1630. The van der Waals surface area contributed by atoms with Gasteiger partial charge in [0.15, 0.2) is 5.60 Å². The molecule has 2 aromatic heterocycles. The number of ether oxygens (including phenoxy) is 1. The molecule has 0 fully saturated rings. The van der Waals surface area contributed by atoms with Gasteiger partial charge in [-0.2, -0.15) is 0 Å². The first-order chi connectivity index (χ1) is 18.1. The molecule has 38 heavy (non-hydrogen) atoms. The number of hydrogen-bond acceptors (Lipinski definition) is 8. The number of aromatic nitrogens is 2. The highest BCUT2D eigenvalue weighted by Gasteiger charge is 2.46. The van der Waals surface area contributed by atoms with Crippen molar-refractivity contribution in [2.75, 3.05) is 6.61 Å². The van der Waals surface area contributed by atoms with Crippen LogP contribution in [0.2, 0.25) is 0 Å². The van der Waals surface area contributed by atoms with Crippen molar-refractivity contribution in [3.63, 3.8) is 0 Å². The summed E-state index contributed by atoms with van der Waals surface area (Å²) in [4.78, 5) is 43.5. The molecular formula is C27H27FN4O6. The predicted octanol–water partition coefficient (Wildman–Crippen LogP) is 0.950. The van der Waals surface area contributed by atoms with Crippen LogP contribution in [0.1, 0.15) is 59.2 Å². The fourth-order valence-corrected chi connectivity index (χ4v) is 6.06. The van der Waals surface area contributed by atoms with E-state index >= 15 is 0 Å². The summed E-state index contributed by atoms with van der Waals surface area (Å²) < 4.78 is 21.6. The molecule has 0 radical (unpaired) electrons. The van der Waals surface area contributed by atoms with Gasteiger partial charge in [-0.05, 0) is 48.9 Å². The number of esters is 1. The summed E-state index contributed by atoms with van der Waals surface area (Å²) in [5.74, 6) is -1.74. The number of aryl methyl sites for hydroxylation is 1. The molecule has 1 aromatic carbocycles. The van der Waals surface area contributed by atoms with Gasteiger partial charge < -0.3 is 30.6 Å². The van der Waals surface area contributed by atoms with Crippen molar-refractivity contribution in [3.05, 3.63) is 61.7 Å². The molecule has 0 bridgehead atoms. The Labute approximate surface area is 216 Å². The summed E-state index contributed by atoms with van der Waals surface area (Å²) in [5.41, 5.74) is 7.69. The zero-order valence-corrected chi connectivity index (χ0v) is 20.9. The van der Waals surface area contributed by atoms with Crippen LogP contribution in [0.3, 0.4) is 0 Å². The molecule has 2 aliphatic heterocycles. The highest BCUT2D eigenvalue weighted by molar-refractivity contribution is 5.94. The minimum Gasteiger partial charge on any atom is -0.458 e. The van der Waals surface area contributed by atoms with E-state index in [-0.39, 0.29) is 30.7 Å². The second-order valence-electron chi connectivity index (χ2n) is 10.2. The first kappa shape index (κ1) is 24.7. The Morgan fingerprint density at radius 3 is 2.82 bits per heavy atom. The highest BCUT2D eigenvalue weighted by Crippen LogP contribution is 2.45. The molecule has 3 atom stereocenters. The predicted molar refractivity (Wildman–Crippen MR) is 133 cm³/mol. The number of nitrogens with zero attached hydrogens (tertiary/aromatic N) is 2. The van der Waals surface area contributed by atoms with Crippen LogP contribution in [0, 0.1) is 12.7 Å². The zero-order valence-electron chi connectivity index (χ0n) is 20.9. The van der Waals surface area contributed by atoms with E-state index in [0.717, 1.165) is 16.5 Å². The van der Waals surface area contributed by atoms with Gasteiger partial charge in [0.05, 0.1) is 41.7 Å². The minimum absolute atomic E-state index is 0.0120. The molecule has 0 saturated heterocycles. The molecule has 10 nitrogen and oxygen atoms in total. The van der Waals surface area contributed by atoms with Crippen LogP contribution in [0.5, 0.6) is 0 Å². The number of nitrogens with two attached hydrogens (primary N) is 1. The number of carbonyl (C=O) groups excluding carboxylic acids is 2. The summed E-state index contributed by atoms with van der Waals surface area (Å²) in [6.45, 7) is 2.71. The van der Waals surface area contributed by atoms with Gasteiger partial charge in [-0.15, -0.1) is 0 Å². The van der Waals surface area contributed by atoms with Crippen molar-refractivity contribution in [1.82, 2.24) is 14.9 Å². The lowest BCUT2D eigenvalue weighted by Gasteiger charge is -2.31. The first-order valence-electron chi connectivity index (χ1n) is 12.6. The standard InChI is InChI=1S/C27H27FN4O6/c1-3-27(37)15-6-20-23-13(8-32(20)25(35)14(15)10-38-26(27)36)22-18(31-24(34)17(29)9-33)5-4-12-11(2)16(28)7-19(30-23)21(12)22/h6-7,17-18,33,37H,3-5,8-10,29H2,1-2H3,(H,31,34)/t17-,18+,27+/m1/s1. The van der Waals surface area contributed by atoms with Crippen LogP contribution in [0.4, 0.5) is 4.39 Å². The number of carbonyl (C=O) groups is 2. The van der Waals surface area contributed by atoms with E-state index in [4.69, 9.17) is 15.5 Å². The monoisotopic (exact) mass is 522 g/mol. The second kappa shape index (κ2) is 8.42. The Morgan fingerprint density at radius 2 is 2.11 bits per heavy atom. The van der Waals surface area contributed by atoms with Gasteiger partial charge in [0.25, 0.3) is 5.56 Å². The number of nitrogens with one attached hydrogen (secondary N) is 1. The molecule has 3 aliphatic rings. The van der Waals surface area contributed by atoms with Gasteiger partial charge in [-0.25, -0.2) is 14.2 Å². The summed E-state index contributed by atoms with van der Waals surface area (Å²) >= 11 is 0. The van der Waals surface area contributed by atoms with E-state index in [0.29, 0.717) is 40.9 Å². The molecule has 1 aliphatic carbocycles. The lowest BCUT2D eigenvalue weighted by molar-refractivity contribution is -0.172. The van der Waals surface area contributed by atoms with Crippen LogP contribution in [0.15, 0.2) is 16.9 Å². The minimum atomic E-state index is -1.97. The van der Waals surface area contributed by atoms with Gasteiger partial charge in [-0.3, -0.25) is 9.59 Å². The molecule has 0 saturated carbocycles. The summed E-state index contributed by atoms with van der Waals surface area (Å²) in [7, 11) is 0. The van der Waals surface area contributed by atoms with Gasteiger partial charge in [0.2, 0.25) is 5.91 Å². The number of cyclic esters (lactones) is 1. The maximum Gasteiger partial charge on any atom is 0.343 e. The Kier molecular flexibility index (Phi) is 5.46. The van der Waals surface area contributed by atoms with Gasteiger partial charge in [0.1, 0.15) is 18.5 Å². The summed E-state index contributed by atoms with van der Waals surface area (Å²) in [6.07, 6.45) is 0.974. The Morgan fingerprint density at radius 1 is 1.34 bits per heavy atom. The maximum absolute atomic E-state index is 14.9. The lowest BCUT2D eigenvalue weighted by atomic mass is 9.81. The van der Waals surface area contributed by atoms with E-state index in [1.807, 2.05) is 0 Å². The van der Waals surface area contributed by atoms with Crippen molar-refractivity contribution in [3.8, 4) is 11.4 Å². The molecule has 0 spiro atoms. The fraction of sp³-hybridized carbons (Fsp3) is 0.407. The Balaban J connectivity index is 1.63. The third kappa shape index (κ3) is 3.22. The molecule has 6 rings (SSSR count). The molecule has 5 N–H and O–H groups in total. The average molecular weight is 523 g/mol. The van der Waals surface area contributed by atoms with Gasteiger partial charge in [0, 0.05) is 22.6 Å². The number of aliphatic hydroxyl groups is 2. The van der Waals surface area contributed by atoms with E-state index < -0.39 is 47.5 Å². The van der Waals surface area contributed by atoms with E-state index in [2.05, 4.69) is 5.32 Å². The van der Waals surface area contributed by atoms with Gasteiger partial charge >= 0.3 is 5.97 Å². The molecule has 3 aromatic rings. The molecule has 0 unspecified atom stereocenters. The third-order valence-electron chi connectivity index (χ3n) is 8.23.